The Morgan fingerprint density at radius 1 is 0.889 bits per heavy atom. The predicted octanol–water partition coefficient (Wildman–Crippen LogP) is 3.75. The molecule has 0 saturated carbocycles. The third-order valence-corrected chi connectivity index (χ3v) is 5.86. The highest BCUT2D eigenvalue weighted by Gasteiger charge is 2.17. The summed E-state index contributed by atoms with van der Waals surface area (Å²) in [4.78, 5) is 33.5. The fourth-order valence-electron chi connectivity index (χ4n) is 4.10. The van der Waals surface area contributed by atoms with Crippen LogP contribution in [0.3, 0.4) is 0 Å². The van der Waals surface area contributed by atoms with E-state index in [9.17, 15) is 9.59 Å². The topological polar surface area (TPSA) is 117 Å². The Hall–Kier alpha value is -4.34. The molecule has 0 spiro atoms. The van der Waals surface area contributed by atoms with E-state index >= 15 is 0 Å². The van der Waals surface area contributed by atoms with Gasteiger partial charge in [-0.1, -0.05) is 0 Å². The lowest BCUT2D eigenvalue weighted by Crippen LogP contribution is -2.16. The minimum absolute atomic E-state index is 0.252. The molecule has 0 unspecified atom stereocenters. The number of esters is 1. The number of amides is 1. The van der Waals surface area contributed by atoms with Gasteiger partial charge in [-0.25, -0.2) is 14.6 Å². The second-order valence-corrected chi connectivity index (χ2v) is 8.67. The van der Waals surface area contributed by atoms with Gasteiger partial charge in [0.25, 0.3) is 11.9 Å². The van der Waals surface area contributed by atoms with E-state index in [2.05, 4.69) is 25.5 Å². The summed E-state index contributed by atoms with van der Waals surface area (Å²) in [7, 11) is 1.38. The van der Waals surface area contributed by atoms with Crippen LogP contribution in [0, 0.1) is 34.6 Å². The highest BCUT2D eigenvalue weighted by atomic mass is 16.5. The van der Waals surface area contributed by atoms with Gasteiger partial charge in [-0.15, -0.1) is 0 Å². The summed E-state index contributed by atoms with van der Waals surface area (Å²) >= 11 is 0. The van der Waals surface area contributed by atoms with E-state index < -0.39 is 0 Å². The zero-order valence-electron chi connectivity index (χ0n) is 21.3. The Labute approximate surface area is 209 Å². The van der Waals surface area contributed by atoms with Crippen molar-refractivity contribution in [3.05, 3.63) is 76.0 Å². The molecular weight excluding hydrogens is 458 g/mol. The molecule has 3 aromatic heterocycles. The maximum atomic E-state index is 13.0. The van der Waals surface area contributed by atoms with Crippen LogP contribution < -0.4 is 5.32 Å². The summed E-state index contributed by atoms with van der Waals surface area (Å²) < 4.78 is 8.10. The zero-order valence-corrected chi connectivity index (χ0v) is 21.3. The molecule has 0 aliphatic rings. The number of hydrogen-bond donors (Lipinski definition) is 1. The molecule has 4 aromatic rings. The van der Waals surface area contributed by atoms with E-state index in [4.69, 9.17) is 4.74 Å². The molecule has 10 heteroatoms. The van der Waals surface area contributed by atoms with Crippen molar-refractivity contribution in [3.63, 3.8) is 0 Å². The van der Waals surface area contributed by atoms with Gasteiger partial charge >= 0.3 is 5.97 Å². The van der Waals surface area contributed by atoms with Crippen LogP contribution in [0.5, 0.6) is 0 Å². The molecule has 0 saturated heterocycles. The number of hydrogen-bond acceptors (Lipinski definition) is 7. The van der Waals surface area contributed by atoms with E-state index in [1.54, 1.807) is 18.2 Å². The van der Waals surface area contributed by atoms with Crippen molar-refractivity contribution in [1.82, 2.24) is 29.5 Å². The van der Waals surface area contributed by atoms with Crippen LogP contribution in [0.2, 0.25) is 0 Å². The molecule has 3 heterocycles. The lowest BCUT2D eigenvalue weighted by atomic mass is 10.1. The molecule has 4 rings (SSSR count). The summed E-state index contributed by atoms with van der Waals surface area (Å²) in [5.74, 6) is 0.357. The fraction of sp³-hybridized carbons (Fsp3) is 0.308. The summed E-state index contributed by atoms with van der Waals surface area (Å²) in [5.41, 5.74) is 6.48. The van der Waals surface area contributed by atoms with Gasteiger partial charge in [0.1, 0.15) is 5.82 Å². The van der Waals surface area contributed by atoms with Crippen molar-refractivity contribution >= 4 is 17.7 Å². The minimum atomic E-state index is -0.279. The Kier molecular flexibility index (Phi) is 6.96. The first-order chi connectivity index (χ1) is 17.2. The number of benzene rings is 1. The standard InChI is InChI=1S/C26H29N7O3/c1-15-13-16(2)28-26(27-15)33-23(14-17(3)30-33)29-25(35)20-7-9-21(10-8-20)32-19(5)22(18(4)31-32)11-12-24(34)36-6/h7-10,13-14H,11-12H2,1-6H3,(H,29,35). The van der Waals surface area contributed by atoms with Gasteiger partial charge < -0.3 is 10.1 Å². The maximum absolute atomic E-state index is 13.0. The molecule has 0 aliphatic carbocycles. The first-order valence-corrected chi connectivity index (χ1v) is 11.6. The third-order valence-electron chi connectivity index (χ3n) is 5.86. The van der Waals surface area contributed by atoms with Gasteiger partial charge in [-0.05, 0) is 76.9 Å². The quantitative estimate of drug-likeness (QED) is 0.395. The number of methoxy groups -OCH3 is 1. The van der Waals surface area contributed by atoms with E-state index in [0.29, 0.717) is 30.2 Å². The van der Waals surface area contributed by atoms with Crippen LogP contribution in [-0.4, -0.2) is 48.5 Å². The monoisotopic (exact) mass is 487 g/mol. The number of rotatable bonds is 7. The number of carbonyl (C=O) groups is 2. The van der Waals surface area contributed by atoms with Crippen LogP contribution in [0.15, 0.2) is 36.4 Å². The summed E-state index contributed by atoms with van der Waals surface area (Å²) in [6, 6.07) is 10.8. The first-order valence-electron chi connectivity index (χ1n) is 11.6. The van der Waals surface area contributed by atoms with Gasteiger partial charge in [0.15, 0.2) is 0 Å². The number of ether oxygens (including phenoxy) is 1. The van der Waals surface area contributed by atoms with E-state index in [1.165, 1.54) is 11.8 Å². The van der Waals surface area contributed by atoms with E-state index in [1.807, 2.05) is 57.5 Å². The Bertz CT molecular complexity index is 1410. The van der Waals surface area contributed by atoms with Gasteiger partial charge in [0.2, 0.25) is 0 Å². The first kappa shape index (κ1) is 24.8. The van der Waals surface area contributed by atoms with Crippen molar-refractivity contribution in [1.29, 1.82) is 0 Å². The normalized spacial score (nSPS) is 10.9. The Morgan fingerprint density at radius 2 is 1.56 bits per heavy atom. The van der Waals surface area contributed by atoms with Crippen LogP contribution in [0.25, 0.3) is 11.6 Å². The Balaban J connectivity index is 1.54. The average molecular weight is 488 g/mol. The van der Waals surface area contributed by atoms with Crippen molar-refractivity contribution in [2.24, 2.45) is 0 Å². The smallest absolute Gasteiger partial charge is 0.305 e. The SMILES string of the molecule is COC(=O)CCc1c(C)nn(-c2ccc(C(=O)Nc3cc(C)nn3-c3nc(C)cc(C)n3)cc2)c1C. The van der Waals surface area contributed by atoms with Crippen molar-refractivity contribution in [2.45, 2.75) is 47.5 Å². The summed E-state index contributed by atoms with van der Waals surface area (Å²) in [6.07, 6.45) is 0.855. The predicted molar refractivity (Wildman–Crippen MR) is 135 cm³/mol. The maximum Gasteiger partial charge on any atom is 0.305 e. The second kappa shape index (κ2) is 10.1. The van der Waals surface area contributed by atoms with Crippen LogP contribution in [-0.2, 0) is 16.0 Å². The summed E-state index contributed by atoms with van der Waals surface area (Å²) in [5, 5.41) is 12.0. The van der Waals surface area contributed by atoms with Gasteiger partial charge in [-0.3, -0.25) is 9.59 Å². The van der Waals surface area contributed by atoms with Gasteiger partial charge in [0.05, 0.1) is 24.2 Å². The lowest BCUT2D eigenvalue weighted by molar-refractivity contribution is -0.140. The molecule has 1 N–H and O–H groups in total. The number of nitrogens with zero attached hydrogens (tertiary/aromatic N) is 6. The number of nitrogens with one attached hydrogen (secondary N) is 1. The number of aryl methyl sites for hydroxylation is 4. The van der Waals surface area contributed by atoms with Crippen molar-refractivity contribution < 1.29 is 14.3 Å². The second-order valence-electron chi connectivity index (χ2n) is 8.67. The molecule has 1 aromatic carbocycles. The molecular formula is C26H29N7O3. The summed E-state index contributed by atoms with van der Waals surface area (Å²) in [6.45, 7) is 9.50. The molecule has 0 radical (unpaired) electrons. The van der Waals surface area contributed by atoms with Gasteiger partial charge in [-0.2, -0.15) is 14.9 Å². The van der Waals surface area contributed by atoms with Crippen LogP contribution >= 0.6 is 0 Å². The molecule has 36 heavy (non-hydrogen) atoms. The molecule has 0 fully saturated rings. The highest BCUT2D eigenvalue weighted by molar-refractivity contribution is 6.04. The molecule has 0 bridgehead atoms. The number of carbonyl (C=O) groups excluding carboxylic acids is 2. The number of anilines is 1. The van der Waals surface area contributed by atoms with Crippen LogP contribution in [0.1, 0.15) is 50.8 Å². The van der Waals surface area contributed by atoms with Crippen molar-refractivity contribution in [3.8, 4) is 11.6 Å². The zero-order chi connectivity index (χ0) is 26.0. The minimum Gasteiger partial charge on any atom is -0.469 e. The van der Waals surface area contributed by atoms with E-state index in [-0.39, 0.29) is 11.9 Å². The molecule has 1 amide bonds. The number of aromatic nitrogens is 6. The lowest BCUT2D eigenvalue weighted by Gasteiger charge is -2.10. The third kappa shape index (κ3) is 5.17. The van der Waals surface area contributed by atoms with E-state index in [0.717, 1.165) is 39.7 Å². The van der Waals surface area contributed by atoms with Crippen molar-refractivity contribution in [2.75, 3.05) is 12.4 Å². The highest BCUT2D eigenvalue weighted by Crippen LogP contribution is 2.21. The average Bonchev–Trinajstić information content (AvgIpc) is 3.35. The molecule has 10 nitrogen and oxygen atoms in total. The molecule has 0 aliphatic heterocycles. The van der Waals surface area contributed by atoms with Gasteiger partial charge in [0, 0.05) is 35.1 Å². The van der Waals surface area contributed by atoms with Crippen LogP contribution in [0.4, 0.5) is 5.82 Å². The molecule has 0 atom stereocenters. The largest absolute Gasteiger partial charge is 0.469 e. The molecule has 186 valence electrons. The Morgan fingerprint density at radius 3 is 2.19 bits per heavy atom. The fourth-order valence-corrected chi connectivity index (χ4v) is 4.10.